The number of hydrogen-bond acceptors (Lipinski definition) is 3. The first-order chi connectivity index (χ1) is 7.66. The van der Waals surface area contributed by atoms with Crippen molar-refractivity contribution in [3.8, 4) is 0 Å². The van der Waals surface area contributed by atoms with Gasteiger partial charge >= 0.3 is 5.97 Å². The van der Waals surface area contributed by atoms with Gasteiger partial charge in [0.25, 0.3) is 0 Å². The average molecular weight is 222 g/mol. The Kier molecular flexibility index (Phi) is 3.22. The van der Waals surface area contributed by atoms with Crippen LogP contribution in [0.2, 0.25) is 0 Å². The summed E-state index contributed by atoms with van der Waals surface area (Å²) >= 11 is 0. The summed E-state index contributed by atoms with van der Waals surface area (Å²) in [5, 5.41) is 18.3. The molecule has 0 saturated carbocycles. The van der Waals surface area contributed by atoms with E-state index in [4.69, 9.17) is 9.84 Å². The second-order valence-electron chi connectivity index (χ2n) is 3.94. The second kappa shape index (κ2) is 4.63. The van der Waals surface area contributed by atoms with Gasteiger partial charge in [-0.2, -0.15) is 0 Å². The monoisotopic (exact) mass is 222 g/mol. The third-order valence-electron chi connectivity index (χ3n) is 2.76. The number of ether oxygens (including phenoxy) is 1. The van der Waals surface area contributed by atoms with Crippen molar-refractivity contribution < 1.29 is 19.7 Å². The number of carbonyl (C=O) groups is 1. The molecule has 2 N–H and O–H groups in total. The molecule has 0 fully saturated rings. The smallest absolute Gasteiger partial charge is 0.306 e. The summed E-state index contributed by atoms with van der Waals surface area (Å²) < 4.78 is 5.30. The zero-order valence-corrected chi connectivity index (χ0v) is 8.85. The van der Waals surface area contributed by atoms with Crippen LogP contribution in [0.25, 0.3) is 0 Å². The molecule has 0 amide bonds. The second-order valence-corrected chi connectivity index (χ2v) is 3.94. The summed E-state index contributed by atoms with van der Waals surface area (Å²) in [6.45, 7) is 1.29. The molecule has 1 atom stereocenters. The fourth-order valence-corrected chi connectivity index (χ4v) is 1.87. The number of carboxylic acid groups (broad SMARTS) is 1. The van der Waals surface area contributed by atoms with Gasteiger partial charge in [0.05, 0.1) is 25.7 Å². The molecule has 0 saturated heterocycles. The van der Waals surface area contributed by atoms with Crippen molar-refractivity contribution >= 4 is 5.97 Å². The maximum absolute atomic E-state index is 10.5. The summed E-state index contributed by atoms with van der Waals surface area (Å²) in [6.07, 6.45) is -0.358. The van der Waals surface area contributed by atoms with Crippen molar-refractivity contribution in [1.29, 1.82) is 0 Å². The van der Waals surface area contributed by atoms with Crippen LogP contribution in [0.5, 0.6) is 0 Å². The largest absolute Gasteiger partial charge is 0.481 e. The van der Waals surface area contributed by atoms with Gasteiger partial charge < -0.3 is 14.9 Å². The van der Waals surface area contributed by atoms with Crippen LogP contribution in [-0.2, 0) is 22.6 Å². The zero-order valence-electron chi connectivity index (χ0n) is 8.85. The molecule has 0 aliphatic carbocycles. The molecule has 2 rings (SSSR count). The van der Waals surface area contributed by atoms with Gasteiger partial charge in [0.1, 0.15) is 0 Å². The minimum absolute atomic E-state index is 0.255. The molecular formula is C12H14O4. The molecule has 4 heteroatoms. The van der Waals surface area contributed by atoms with Crippen molar-refractivity contribution in [2.24, 2.45) is 0 Å². The summed E-state index contributed by atoms with van der Waals surface area (Å²) in [5.74, 6) is -0.992. The van der Waals surface area contributed by atoms with E-state index in [1.807, 2.05) is 12.1 Å². The number of fused-ring (bicyclic) bond motifs is 1. The average Bonchev–Trinajstić information content (AvgIpc) is 2.27. The number of hydrogen-bond donors (Lipinski definition) is 2. The molecule has 1 aromatic carbocycles. The number of aliphatic carboxylic acids is 1. The van der Waals surface area contributed by atoms with Crippen LogP contribution < -0.4 is 0 Å². The predicted octanol–water partition coefficient (Wildman–Crippen LogP) is 1.27. The third-order valence-corrected chi connectivity index (χ3v) is 2.76. The Balaban J connectivity index is 2.19. The first kappa shape index (κ1) is 11.1. The van der Waals surface area contributed by atoms with Gasteiger partial charge in [0.2, 0.25) is 0 Å². The lowest BCUT2D eigenvalue weighted by atomic mass is 9.97. The van der Waals surface area contributed by atoms with E-state index in [0.29, 0.717) is 18.8 Å². The Morgan fingerprint density at radius 2 is 2.25 bits per heavy atom. The van der Waals surface area contributed by atoms with Crippen molar-refractivity contribution in [2.45, 2.75) is 25.6 Å². The van der Waals surface area contributed by atoms with Crippen LogP contribution in [0, 0.1) is 0 Å². The van der Waals surface area contributed by atoms with E-state index < -0.39 is 12.1 Å². The minimum Gasteiger partial charge on any atom is -0.481 e. The van der Waals surface area contributed by atoms with Gasteiger partial charge in [-0.25, -0.2) is 0 Å². The topological polar surface area (TPSA) is 66.8 Å². The molecule has 1 unspecified atom stereocenters. The first-order valence-corrected chi connectivity index (χ1v) is 5.26. The predicted molar refractivity (Wildman–Crippen MR) is 57.0 cm³/mol. The fraction of sp³-hybridized carbons (Fsp3) is 0.417. The van der Waals surface area contributed by atoms with E-state index in [1.165, 1.54) is 0 Å². The van der Waals surface area contributed by atoms with Crippen molar-refractivity contribution in [3.63, 3.8) is 0 Å². The summed E-state index contributed by atoms with van der Waals surface area (Å²) in [4.78, 5) is 10.5. The lowest BCUT2D eigenvalue weighted by Crippen LogP contribution is -2.12. The quantitative estimate of drug-likeness (QED) is 0.808. The Bertz CT molecular complexity index is 400. The summed E-state index contributed by atoms with van der Waals surface area (Å²) in [6, 6.07) is 5.54. The minimum atomic E-state index is -0.992. The first-order valence-electron chi connectivity index (χ1n) is 5.26. The van der Waals surface area contributed by atoms with Gasteiger partial charge in [-0.15, -0.1) is 0 Å². The molecule has 1 aliphatic rings. The highest BCUT2D eigenvalue weighted by Gasteiger charge is 2.15. The maximum atomic E-state index is 10.5. The van der Waals surface area contributed by atoms with Gasteiger partial charge in [-0.05, 0) is 23.1 Å². The Hall–Kier alpha value is -1.39. The molecule has 0 radical (unpaired) electrons. The van der Waals surface area contributed by atoms with E-state index in [0.717, 1.165) is 17.5 Å². The van der Waals surface area contributed by atoms with Crippen molar-refractivity contribution in [1.82, 2.24) is 0 Å². The van der Waals surface area contributed by atoms with Crippen LogP contribution in [-0.4, -0.2) is 22.8 Å². The van der Waals surface area contributed by atoms with E-state index in [1.54, 1.807) is 6.07 Å². The van der Waals surface area contributed by atoms with Crippen LogP contribution in [0.4, 0.5) is 0 Å². The van der Waals surface area contributed by atoms with Gasteiger partial charge in [-0.1, -0.05) is 18.2 Å². The highest BCUT2D eigenvalue weighted by atomic mass is 16.5. The van der Waals surface area contributed by atoms with E-state index in [9.17, 15) is 9.90 Å². The zero-order chi connectivity index (χ0) is 11.5. The van der Waals surface area contributed by atoms with Crippen LogP contribution in [0.3, 0.4) is 0 Å². The molecule has 1 heterocycles. The maximum Gasteiger partial charge on any atom is 0.306 e. The summed E-state index contributed by atoms with van der Waals surface area (Å²) in [5.41, 5.74) is 2.94. The van der Waals surface area contributed by atoms with E-state index in [2.05, 4.69) is 0 Å². The van der Waals surface area contributed by atoms with E-state index in [-0.39, 0.29) is 6.42 Å². The highest BCUT2D eigenvalue weighted by Crippen LogP contribution is 2.23. The van der Waals surface area contributed by atoms with Gasteiger partial charge in [0.15, 0.2) is 0 Å². The number of aliphatic hydroxyl groups excluding tert-OH is 1. The number of aliphatic hydroxyl groups is 1. The molecule has 0 aromatic heterocycles. The molecule has 0 bridgehead atoms. The van der Waals surface area contributed by atoms with Crippen LogP contribution in [0.1, 0.15) is 29.2 Å². The molecule has 86 valence electrons. The Morgan fingerprint density at radius 3 is 3.00 bits per heavy atom. The summed E-state index contributed by atoms with van der Waals surface area (Å²) in [7, 11) is 0. The van der Waals surface area contributed by atoms with Gasteiger partial charge in [0, 0.05) is 0 Å². The standard InChI is InChI=1S/C12H14O4/c13-11(6-12(14)15)9-1-2-10-7-16-4-3-8(10)5-9/h1-2,5,11,13H,3-4,6-7H2,(H,14,15). The molecular weight excluding hydrogens is 208 g/mol. The van der Waals surface area contributed by atoms with Crippen LogP contribution >= 0.6 is 0 Å². The fourth-order valence-electron chi connectivity index (χ4n) is 1.87. The van der Waals surface area contributed by atoms with Crippen LogP contribution in [0.15, 0.2) is 18.2 Å². The third kappa shape index (κ3) is 2.40. The van der Waals surface area contributed by atoms with E-state index >= 15 is 0 Å². The lowest BCUT2D eigenvalue weighted by molar-refractivity contribution is -0.139. The number of carboxylic acids is 1. The molecule has 0 spiro atoms. The normalized spacial score (nSPS) is 16.6. The SMILES string of the molecule is O=C(O)CC(O)c1ccc2c(c1)CCOC2. The molecule has 1 aliphatic heterocycles. The lowest BCUT2D eigenvalue weighted by Gasteiger charge is -2.18. The van der Waals surface area contributed by atoms with Crippen molar-refractivity contribution in [3.05, 3.63) is 34.9 Å². The Morgan fingerprint density at radius 1 is 1.44 bits per heavy atom. The van der Waals surface area contributed by atoms with Crippen molar-refractivity contribution in [2.75, 3.05) is 6.61 Å². The molecule has 16 heavy (non-hydrogen) atoms. The van der Waals surface area contributed by atoms with Gasteiger partial charge in [-0.3, -0.25) is 4.79 Å². The number of rotatable bonds is 3. The molecule has 4 nitrogen and oxygen atoms in total. The molecule has 1 aromatic rings. The highest BCUT2D eigenvalue weighted by molar-refractivity contribution is 5.67. The Labute approximate surface area is 93.5 Å². The number of benzene rings is 1.